The standard InChI is InChI=1S/C21H23NO2/c1-4-18-6-5-13-22(18)21(23)20-14-17(8-7-15(20)2)16-9-11-19(24-3)12-10-16/h4,7-12,14,18H,1,5-6,13H2,2-3H3. The number of likely N-dealkylation sites (tertiary alicyclic amines) is 1. The summed E-state index contributed by atoms with van der Waals surface area (Å²) >= 11 is 0. The molecule has 1 aliphatic rings. The first-order chi connectivity index (χ1) is 11.6. The van der Waals surface area contributed by atoms with Gasteiger partial charge >= 0.3 is 0 Å². The molecular formula is C21H23NO2. The maximum Gasteiger partial charge on any atom is 0.254 e. The Morgan fingerprint density at radius 1 is 1.21 bits per heavy atom. The molecule has 3 rings (SSSR count). The lowest BCUT2D eigenvalue weighted by atomic mass is 9.98. The van der Waals surface area contributed by atoms with Gasteiger partial charge in [-0.15, -0.1) is 6.58 Å². The lowest BCUT2D eigenvalue weighted by molar-refractivity contribution is 0.0761. The maximum absolute atomic E-state index is 13.0. The summed E-state index contributed by atoms with van der Waals surface area (Å²) in [4.78, 5) is 14.9. The molecule has 1 saturated heterocycles. The number of nitrogens with zero attached hydrogens (tertiary/aromatic N) is 1. The zero-order chi connectivity index (χ0) is 17.1. The molecule has 2 aromatic rings. The quantitative estimate of drug-likeness (QED) is 0.778. The largest absolute Gasteiger partial charge is 0.497 e. The number of methoxy groups -OCH3 is 1. The molecule has 1 unspecified atom stereocenters. The van der Waals surface area contributed by atoms with Crippen LogP contribution in [0.3, 0.4) is 0 Å². The summed E-state index contributed by atoms with van der Waals surface area (Å²) in [5.41, 5.74) is 3.90. The number of hydrogen-bond acceptors (Lipinski definition) is 2. The fourth-order valence-electron chi connectivity index (χ4n) is 3.26. The summed E-state index contributed by atoms with van der Waals surface area (Å²) in [6.07, 6.45) is 3.93. The lowest BCUT2D eigenvalue weighted by Gasteiger charge is -2.23. The van der Waals surface area contributed by atoms with Gasteiger partial charge in [0.05, 0.1) is 13.2 Å². The summed E-state index contributed by atoms with van der Waals surface area (Å²) in [6.45, 7) is 6.66. The van der Waals surface area contributed by atoms with Gasteiger partial charge in [-0.05, 0) is 54.7 Å². The first-order valence-electron chi connectivity index (χ1n) is 8.32. The van der Waals surface area contributed by atoms with Crippen molar-refractivity contribution in [1.82, 2.24) is 4.90 Å². The van der Waals surface area contributed by atoms with Gasteiger partial charge in [0, 0.05) is 12.1 Å². The van der Waals surface area contributed by atoms with Crippen molar-refractivity contribution in [3.8, 4) is 16.9 Å². The molecule has 0 saturated carbocycles. The van der Waals surface area contributed by atoms with Crippen LogP contribution >= 0.6 is 0 Å². The van der Waals surface area contributed by atoms with E-state index in [1.807, 2.05) is 54.3 Å². The molecule has 0 aliphatic carbocycles. The molecule has 3 heteroatoms. The van der Waals surface area contributed by atoms with E-state index in [1.54, 1.807) is 7.11 Å². The van der Waals surface area contributed by atoms with E-state index in [2.05, 4.69) is 12.6 Å². The highest BCUT2D eigenvalue weighted by Crippen LogP contribution is 2.27. The Kier molecular flexibility index (Phi) is 4.70. The average molecular weight is 321 g/mol. The number of carbonyl (C=O) groups is 1. The molecule has 0 radical (unpaired) electrons. The summed E-state index contributed by atoms with van der Waals surface area (Å²) in [7, 11) is 1.66. The van der Waals surface area contributed by atoms with E-state index in [-0.39, 0.29) is 11.9 Å². The van der Waals surface area contributed by atoms with E-state index in [0.29, 0.717) is 0 Å². The summed E-state index contributed by atoms with van der Waals surface area (Å²) in [5.74, 6) is 0.929. The number of ether oxygens (including phenoxy) is 1. The summed E-state index contributed by atoms with van der Waals surface area (Å²) in [5, 5.41) is 0. The second kappa shape index (κ2) is 6.91. The van der Waals surface area contributed by atoms with Gasteiger partial charge in [-0.25, -0.2) is 0 Å². The van der Waals surface area contributed by atoms with Gasteiger partial charge in [0.25, 0.3) is 5.91 Å². The fraction of sp³-hybridized carbons (Fsp3) is 0.286. The highest BCUT2D eigenvalue weighted by molar-refractivity contribution is 5.97. The van der Waals surface area contributed by atoms with Crippen molar-refractivity contribution in [2.45, 2.75) is 25.8 Å². The molecule has 1 atom stereocenters. The van der Waals surface area contributed by atoms with Crippen LogP contribution in [0.2, 0.25) is 0 Å². The molecule has 3 nitrogen and oxygen atoms in total. The van der Waals surface area contributed by atoms with Crippen molar-refractivity contribution in [3.05, 3.63) is 66.2 Å². The second-order valence-electron chi connectivity index (χ2n) is 6.20. The van der Waals surface area contributed by atoms with Crippen molar-refractivity contribution in [2.24, 2.45) is 0 Å². The van der Waals surface area contributed by atoms with E-state index in [1.165, 1.54) is 0 Å². The van der Waals surface area contributed by atoms with Crippen molar-refractivity contribution < 1.29 is 9.53 Å². The number of carbonyl (C=O) groups excluding carboxylic acids is 1. The van der Waals surface area contributed by atoms with Crippen molar-refractivity contribution in [3.63, 3.8) is 0 Å². The van der Waals surface area contributed by atoms with Crippen LogP contribution in [0.1, 0.15) is 28.8 Å². The molecular weight excluding hydrogens is 298 g/mol. The van der Waals surface area contributed by atoms with Gasteiger partial charge in [-0.2, -0.15) is 0 Å². The van der Waals surface area contributed by atoms with Crippen molar-refractivity contribution >= 4 is 5.91 Å². The molecule has 0 N–H and O–H groups in total. The number of rotatable bonds is 4. The summed E-state index contributed by atoms with van der Waals surface area (Å²) < 4.78 is 5.21. The Morgan fingerprint density at radius 3 is 2.58 bits per heavy atom. The molecule has 2 aromatic carbocycles. The second-order valence-corrected chi connectivity index (χ2v) is 6.20. The Labute approximate surface area is 143 Å². The van der Waals surface area contributed by atoms with Crippen molar-refractivity contribution in [1.29, 1.82) is 0 Å². The van der Waals surface area contributed by atoms with Crippen LogP contribution in [-0.2, 0) is 0 Å². The van der Waals surface area contributed by atoms with Crippen LogP contribution in [0.4, 0.5) is 0 Å². The van der Waals surface area contributed by atoms with E-state index in [4.69, 9.17) is 4.74 Å². The molecule has 1 fully saturated rings. The normalized spacial score (nSPS) is 16.9. The van der Waals surface area contributed by atoms with Gasteiger partial charge in [-0.3, -0.25) is 4.79 Å². The van der Waals surface area contributed by atoms with Gasteiger partial charge < -0.3 is 9.64 Å². The first-order valence-corrected chi connectivity index (χ1v) is 8.32. The van der Waals surface area contributed by atoms with Gasteiger partial charge in [0.2, 0.25) is 0 Å². The minimum atomic E-state index is 0.102. The minimum absolute atomic E-state index is 0.102. The monoisotopic (exact) mass is 321 g/mol. The highest BCUT2D eigenvalue weighted by atomic mass is 16.5. The Balaban J connectivity index is 1.93. The zero-order valence-electron chi connectivity index (χ0n) is 14.3. The molecule has 0 spiro atoms. The minimum Gasteiger partial charge on any atom is -0.497 e. The van der Waals surface area contributed by atoms with Gasteiger partial charge in [0.15, 0.2) is 0 Å². The van der Waals surface area contributed by atoms with E-state index in [0.717, 1.165) is 47.4 Å². The number of amides is 1. The topological polar surface area (TPSA) is 29.5 Å². The number of benzene rings is 2. The van der Waals surface area contributed by atoms with Gasteiger partial charge in [0.1, 0.15) is 5.75 Å². The average Bonchev–Trinajstić information content (AvgIpc) is 3.10. The third-order valence-corrected chi connectivity index (χ3v) is 4.72. The van der Waals surface area contributed by atoms with Crippen molar-refractivity contribution in [2.75, 3.05) is 13.7 Å². The SMILES string of the molecule is C=CC1CCCN1C(=O)c1cc(-c2ccc(OC)cc2)ccc1C. The predicted octanol–water partition coefficient (Wildman–Crippen LogP) is 4.46. The Bertz CT molecular complexity index is 749. The van der Waals surface area contributed by atoms with Crippen LogP contribution < -0.4 is 4.74 Å². The first kappa shape index (κ1) is 16.3. The molecule has 1 amide bonds. The predicted molar refractivity (Wildman–Crippen MR) is 97.4 cm³/mol. The number of aryl methyl sites for hydroxylation is 1. The molecule has 1 aliphatic heterocycles. The molecule has 24 heavy (non-hydrogen) atoms. The van der Waals surface area contributed by atoms with E-state index < -0.39 is 0 Å². The smallest absolute Gasteiger partial charge is 0.254 e. The van der Waals surface area contributed by atoms with E-state index >= 15 is 0 Å². The third-order valence-electron chi connectivity index (χ3n) is 4.72. The zero-order valence-corrected chi connectivity index (χ0v) is 14.3. The van der Waals surface area contributed by atoms with Gasteiger partial charge in [-0.1, -0.05) is 30.3 Å². The fourth-order valence-corrected chi connectivity index (χ4v) is 3.26. The van der Waals surface area contributed by atoms with Crippen LogP contribution in [0.15, 0.2) is 55.1 Å². The molecule has 0 aromatic heterocycles. The lowest BCUT2D eigenvalue weighted by Crippen LogP contribution is -2.34. The summed E-state index contributed by atoms with van der Waals surface area (Å²) in [6, 6.07) is 14.1. The maximum atomic E-state index is 13.0. The highest BCUT2D eigenvalue weighted by Gasteiger charge is 2.28. The number of hydrogen-bond donors (Lipinski definition) is 0. The van der Waals surface area contributed by atoms with Crippen LogP contribution in [0, 0.1) is 6.92 Å². The van der Waals surface area contributed by atoms with Crippen LogP contribution in [0.5, 0.6) is 5.75 Å². The van der Waals surface area contributed by atoms with E-state index in [9.17, 15) is 4.79 Å². The molecule has 0 bridgehead atoms. The molecule has 1 heterocycles. The Hall–Kier alpha value is -2.55. The molecule has 124 valence electrons. The van der Waals surface area contributed by atoms with Crippen LogP contribution in [-0.4, -0.2) is 30.5 Å². The Morgan fingerprint density at radius 2 is 1.92 bits per heavy atom. The van der Waals surface area contributed by atoms with Crippen LogP contribution in [0.25, 0.3) is 11.1 Å². The third kappa shape index (κ3) is 3.07.